The van der Waals surface area contributed by atoms with Gasteiger partial charge >= 0.3 is 0 Å². The van der Waals surface area contributed by atoms with Crippen LogP contribution in [-0.4, -0.2) is 18.3 Å². The molecule has 0 bridgehead atoms. The number of nitrogens with one attached hydrogen (secondary N) is 1. The Bertz CT molecular complexity index is 269. The van der Waals surface area contributed by atoms with Crippen LogP contribution in [0.25, 0.3) is 0 Å². The number of aliphatic hydroxyl groups is 1. The molecule has 1 aromatic rings. The number of benzene rings is 1. The average Bonchev–Trinajstić information content (AvgIpc) is 2.36. The molecule has 2 nitrogen and oxygen atoms in total. The smallest absolute Gasteiger partial charge is 0.0626 e. The zero-order valence-electron chi connectivity index (χ0n) is 10.3. The third-order valence-corrected chi connectivity index (χ3v) is 3.19. The van der Waals surface area contributed by atoms with Crippen LogP contribution in [0.5, 0.6) is 0 Å². The molecule has 1 atom stereocenters. The Morgan fingerprint density at radius 3 is 2.25 bits per heavy atom. The molecule has 0 aromatic heterocycles. The summed E-state index contributed by atoms with van der Waals surface area (Å²) in [5, 5.41) is 12.8. The van der Waals surface area contributed by atoms with Crippen molar-refractivity contribution in [3.63, 3.8) is 0 Å². The lowest BCUT2D eigenvalue weighted by atomic mass is 10.0. The predicted octanol–water partition coefficient (Wildman–Crippen LogP) is 2.75. The molecular weight excluding hydrogens is 198 g/mol. The zero-order valence-corrected chi connectivity index (χ0v) is 10.3. The largest absolute Gasteiger partial charge is 0.394 e. The van der Waals surface area contributed by atoms with Crippen LogP contribution in [0, 0.1) is 5.92 Å². The fourth-order valence-electron chi connectivity index (χ4n) is 1.86. The Labute approximate surface area is 98.7 Å². The molecule has 2 N–H and O–H groups in total. The summed E-state index contributed by atoms with van der Waals surface area (Å²) in [4.78, 5) is 0. The Hall–Kier alpha value is -0.860. The second kappa shape index (κ2) is 7.42. The van der Waals surface area contributed by atoms with Crippen LogP contribution in [0.1, 0.15) is 38.3 Å². The van der Waals surface area contributed by atoms with Crippen molar-refractivity contribution in [2.24, 2.45) is 5.92 Å². The van der Waals surface area contributed by atoms with Gasteiger partial charge in [0.05, 0.1) is 12.6 Å². The zero-order chi connectivity index (χ0) is 11.8. The predicted molar refractivity (Wildman–Crippen MR) is 68.3 cm³/mol. The van der Waals surface area contributed by atoms with E-state index in [1.165, 1.54) is 12.8 Å². The maximum atomic E-state index is 9.38. The first-order chi connectivity index (χ1) is 7.81. The normalized spacial score (nSPS) is 13.0. The molecule has 0 saturated heterocycles. The highest BCUT2D eigenvalue weighted by Crippen LogP contribution is 2.13. The Balaban J connectivity index is 2.50. The first-order valence-electron chi connectivity index (χ1n) is 6.21. The second-order valence-corrected chi connectivity index (χ2v) is 4.24. The molecule has 0 fully saturated rings. The van der Waals surface area contributed by atoms with Gasteiger partial charge in [0, 0.05) is 0 Å². The Morgan fingerprint density at radius 1 is 1.12 bits per heavy atom. The minimum absolute atomic E-state index is 0.0711. The second-order valence-electron chi connectivity index (χ2n) is 4.24. The summed E-state index contributed by atoms with van der Waals surface area (Å²) in [5.74, 6) is 0.706. The van der Waals surface area contributed by atoms with Gasteiger partial charge in [0.25, 0.3) is 0 Å². The van der Waals surface area contributed by atoms with Crippen molar-refractivity contribution in [3.05, 3.63) is 35.9 Å². The third kappa shape index (κ3) is 3.95. The van der Waals surface area contributed by atoms with E-state index in [4.69, 9.17) is 0 Å². The molecule has 0 aliphatic carbocycles. The van der Waals surface area contributed by atoms with Gasteiger partial charge in [-0.05, 0) is 18.0 Å². The van der Waals surface area contributed by atoms with Gasteiger partial charge < -0.3 is 10.4 Å². The average molecular weight is 221 g/mol. The molecule has 0 unspecified atom stereocenters. The van der Waals surface area contributed by atoms with Gasteiger partial charge in [-0.25, -0.2) is 0 Å². The van der Waals surface area contributed by atoms with Crippen LogP contribution >= 0.6 is 0 Å². The van der Waals surface area contributed by atoms with Crippen molar-refractivity contribution in [3.8, 4) is 0 Å². The highest BCUT2D eigenvalue weighted by atomic mass is 16.3. The summed E-state index contributed by atoms with van der Waals surface area (Å²) >= 11 is 0. The van der Waals surface area contributed by atoms with Crippen LogP contribution in [-0.2, 0) is 0 Å². The van der Waals surface area contributed by atoms with E-state index in [1.807, 2.05) is 18.2 Å². The van der Waals surface area contributed by atoms with Gasteiger partial charge in [-0.3, -0.25) is 0 Å². The van der Waals surface area contributed by atoms with Gasteiger partial charge in [-0.1, -0.05) is 57.0 Å². The molecule has 0 saturated carbocycles. The molecule has 0 heterocycles. The maximum absolute atomic E-state index is 9.38. The minimum Gasteiger partial charge on any atom is -0.394 e. The fraction of sp³-hybridized carbons (Fsp3) is 0.571. The van der Waals surface area contributed by atoms with E-state index in [0.717, 1.165) is 12.1 Å². The molecule has 0 spiro atoms. The molecule has 2 heteroatoms. The van der Waals surface area contributed by atoms with Gasteiger partial charge in [-0.15, -0.1) is 0 Å². The maximum Gasteiger partial charge on any atom is 0.0626 e. The van der Waals surface area contributed by atoms with Crippen molar-refractivity contribution in [2.45, 2.75) is 32.7 Å². The van der Waals surface area contributed by atoms with E-state index in [2.05, 4.69) is 31.3 Å². The number of aliphatic hydroxyl groups excluding tert-OH is 1. The van der Waals surface area contributed by atoms with Gasteiger partial charge in [0.15, 0.2) is 0 Å². The van der Waals surface area contributed by atoms with Crippen molar-refractivity contribution in [1.29, 1.82) is 0 Å². The minimum atomic E-state index is 0.0711. The van der Waals surface area contributed by atoms with Gasteiger partial charge in [-0.2, -0.15) is 0 Å². The molecule has 0 aliphatic rings. The van der Waals surface area contributed by atoms with Gasteiger partial charge in [0.2, 0.25) is 0 Å². The summed E-state index contributed by atoms with van der Waals surface area (Å²) in [6, 6.07) is 10.2. The SMILES string of the molecule is CCC(CC)CN[C@H](CO)c1ccccc1. The first-order valence-corrected chi connectivity index (χ1v) is 6.21. The summed E-state index contributed by atoms with van der Waals surface area (Å²) in [5.41, 5.74) is 1.16. The highest BCUT2D eigenvalue weighted by Gasteiger charge is 2.11. The van der Waals surface area contributed by atoms with E-state index in [1.54, 1.807) is 0 Å². The molecule has 1 rings (SSSR count). The van der Waals surface area contributed by atoms with E-state index in [-0.39, 0.29) is 12.6 Å². The van der Waals surface area contributed by atoms with Crippen LogP contribution in [0.15, 0.2) is 30.3 Å². The van der Waals surface area contributed by atoms with E-state index in [0.29, 0.717) is 5.92 Å². The molecule has 90 valence electrons. The molecule has 0 amide bonds. The molecule has 0 radical (unpaired) electrons. The van der Waals surface area contributed by atoms with Crippen LogP contribution in [0.2, 0.25) is 0 Å². The molecule has 1 aromatic carbocycles. The Kier molecular flexibility index (Phi) is 6.12. The summed E-state index contributed by atoms with van der Waals surface area (Å²) in [6.07, 6.45) is 2.38. The van der Waals surface area contributed by atoms with Crippen molar-refractivity contribution >= 4 is 0 Å². The number of hydrogen-bond acceptors (Lipinski definition) is 2. The van der Waals surface area contributed by atoms with Crippen molar-refractivity contribution in [2.75, 3.05) is 13.2 Å². The van der Waals surface area contributed by atoms with Crippen molar-refractivity contribution in [1.82, 2.24) is 5.32 Å². The summed E-state index contributed by atoms with van der Waals surface area (Å²) < 4.78 is 0. The molecule has 0 aliphatic heterocycles. The van der Waals surface area contributed by atoms with Crippen molar-refractivity contribution < 1.29 is 5.11 Å². The lowest BCUT2D eigenvalue weighted by Gasteiger charge is -2.20. The fourth-order valence-corrected chi connectivity index (χ4v) is 1.86. The van der Waals surface area contributed by atoms with Crippen LogP contribution < -0.4 is 5.32 Å². The van der Waals surface area contributed by atoms with Crippen LogP contribution in [0.4, 0.5) is 0 Å². The summed E-state index contributed by atoms with van der Waals surface area (Å²) in [7, 11) is 0. The topological polar surface area (TPSA) is 32.3 Å². The van der Waals surface area contributed by atoms with E-state index < -0.39 is 0 Å². The number of rotatable bonds is 7. The summed E-state index contributed by atoms with van der Waals surface area (Å²) in [6.45, 7) is 5.57. The molecule has 16 heavy (non-hydrogen) atoms. The van der Waals surface area contributed by atoms with Crippen LogP contribution in [0.3, 0.4) is 0 Å². The lowest BCUT2D eigenvalue weighted by molar-refractivity contribution is 0.237. The quantitative estimate of drug-likeness (QED) is 0.742. The Morgan fingerprint density at radius 2 is 1.75 bits per heavy atom. The number of hydrogen-bond donors (Lipinski definition) is 2. The van der Waals surface area contributed by atoms with Gasteiger partial charge in [0.1, 0.15) is 0 Å². The van der Waals surface area contributed by atoms with E-state index in [9.17, 15) is 5.11 Å². The monoisotopic (exact) mass is 221 g/mol. The standard InChI is InChI=1S/C14H23NO/c1-3-12(4-2)10-15-14(11-16)13-8-6-5-7-9-13/h5-9,12,14-16H,3-4,10-11H2,1-2H3/t14-/m1/s1. The third-order valence-electron chi connectivity index (χ3n) is 3.19. The van der Waals surface area contributed by atoms with E-state index >= 15 is 0 Å². The molecular formula is C14H23NO. The first kappa shape index (κ1) is 13.2. The lowest BCUT2D eigenvalue weighted by Crippen LogP contribution is -2.29. The highest BCUT2D eigenvalue weighted by molar-refractivity contribution is 5.18.